The number of rotatable bonds is 6. The van der Waals surface area contributed by atoms with Gasteiger partial charge in [0, 0.05) is 19.0 Å². The maximum atomic E-state index is 11.9. The molecule has 5 heteroatoms. The summed E-state index contributed by atoms with van der Waals surface area (Å²) >= 11 is 0. The highest BCUT2D eigenvalue weighted by Crippen LogP contribution is 2.24. The van der Waals surface area contributed by atoms with Gasteiger partial charge in [-0.2, -0.15) is 0 Å². The van der Waals surface area contributed by atoms with E-state index in [9.17, 15) is 9.59 Å². The first-order chi connectivity index (χ1) is 8.56. The second-order valence-electron chi connectivity index (χ2n) is 5.54. The van der Waals surface area contributed by atoms with E-state index in [0.29, 0.717) is 12.0 Å². The normalized spacial score (nSPS) is 25.9. The Morgan fingerprint density at radius 3 is 2.72 bits per heavy atom. The zero-order chi connectivity index (χ0) is 13.1. The maximum Gasteiger partial charge on any atom is 0.303 e. The molecule has 1 aliphatic heterocycles. The summed E-state index contributed by atoms with van der Waals surface area (Å²) in [7, 11) is 0. The van der Waals surface area contributed by atoms with Crippen LogP contribution in [-0.2, 0) is 9.59 Å². The van der Waals surface area contributed by atoms with E-state index >= 15 is 0 Å². The number of hydrogen-bond acceptors (Lipinski definition) is 3. The van der Waals surface area contributed by atoms with Crippen LogP contribution in [0.25, 0.3) is 0 Å². The van der Waals surface area contributed by atoms with Crippen LogP contribution in [-0.4, -0.2) is 47.1 Å². The first-order valence-corrected chi connectivity index (χ1v) is 6.82. The summed E-state index contributed by atoms with van der Waals surface area (Å²) < 4.78 is 0. The summed E-state index contributed by atoms with van der Waals surface area (Å²) in [5.74, 6) is -0.179. The van der Waals surface area contributed by atoms with Gasteiger partial charge in [0.15, 0.2) is 0 Å². The van der Waals surface area contributed by atoms with Crippen molar-refractivity contribution in [1.82, 2.24) is 10.2 Å². The Balaban J connectivity index is 1.72. The van der Waals surface area contributed by atoms with E-state index in [0.717, 1.165) is 38.8 Å². The zero-order valence-corrected chi connectivity index (χ0v) is 10.9. The maximum absolute atomic E-state index is 11.9. The third kappa shape index (κ3) is 3.70. The van der Waals surface area contributed by atoms with Gasteiger partial charge in [0.2, 0.25) is 5.91 Å². The number of nitrogens with one attached hydrogen (secondary N) is 1. The van der Waals surface area contributed by atoms with Gasteiger partial charge in [0.25, 0.3) is 0 Å². The van der Waals surface area contributed by atoms with Crippen molar-refractivity contribution in [2.45, 2.75) is 51.1 Å². The molecule has 0 aromatic carbocycles. The Morgan fingerprint density at radius 2 is 2.11 bits per heavy atom. The molecular formula is C13H22N2O3. The lowest BCUT2D eigenvalue weighted by molar-refractivity contribution is -0.137. The number of aliphatic carboxylic acids is 1. The summed E-state index contributed by atoms with van der Waals surface area (Å²) in [5, 5.41) is 11.7. The van der Waals surface area contributed by atoms with Crippen LogP contribution in [0.3, 0.4) is 0 Å². The molecule has 2 unspecified atom stereocenters. The molecule has 102 valence electrons. The number of carboxylic acids is 1. The number of carbonyl (C=O) groups excluding carboxylic acids is 1. The number of carbonyl (C=O) groups is 2. The monoisotopic (exact) mass is 254 g/mol. The van der Waals surface area contributed by atoms with Gasteiger partial charge in [-0.1, -0.05) is 0 Å². The Morgan fingerprint density at radius 1 is 1.39 bits per heavy atom. The molecule has 2 fully saturated rings. The van der Waals surface area contributed by atoms with Gasteiger partial charge in [-0.3, -0.25) is 14.5 Å². The van der Waals surface area contributed by atoms with Crippen molar-refractivity contribution >= 4 is 11.9 Å². The molecule has 2 rings (SSSR count). The largest absolute Gasteiger partial charge is 0.481 e. The fourth-order valence-electron chi connectivity index (χ4n) is 2.49. The molecule has 2 N–H and O–H groups in total. The van der Waals surface area contributed by atoms with Crippen LogP contribution in [0, 0.1) is 5.92 Å². The Bertz CT molecular complexity index is 328. The molecule has 2 atom stereocenters. The van der Waals surface area contributed by atoms with Gasteiger partial charge >= 0.3 is 5.97 Å². The van der Waals surface area contributed by atoms with Crippen molar-refractivity contribution in [2.24, 2.45) is 5.92 Å². The molecule has 1 saturated carbocycles. The molecule has 0 radical (unpaired) electrons. The Kier molecular flexibility index (Phi) is 4.22. The molecule has 18 heavy (non-hydrogen) atoms. The number of likely N-dealkylation sites (tertiary alicyclic amines) is 1. The van der Waals surface area contributed by atoms with E-state index < -0.39 is 5.97 Å². The minimum absolute atomic E-state index is 0.0829. The van der Waals surface area contributed by atoms with E-state index in [4.69, 9.17) is 5.11 Å². The minimum atomic E-state index is -0.729. The summed E-state index contributed by atoms with van der Waals surface area (Å²) in [6, 6.07) is 0.325. The van der Waals surface area contributed by atoms with E-state index in [-0.39, 0.29) is 18.4 Å². The molecule has 0 bridgehead atoms. The van der Waals surface area contributed by atoms with Gasteiger partial charge < -0.3 is 10.4 Å². The van der Waals surface area contributed by atoms with Crippen LogP contribution in [0.4, 0.5) is 0 Å². The second kappa shape index (κ2) is 5.69. The standard InChI is InChI=1S/C13H22N2O3/c1-9(13(18)14-11-3-4-11)15-7-6-10(8-15)2-5-12(16)17/h9-11H,2-8H2,1H3,(H,14,18)(H,16,17). The van der Waals surface area contributed by atoms with E-state index in [1.807, 2.05) is 6.92 Å². The number of amides is 1. The molecule has 1 aliphatic carbocycles. The predicted octanol–water partition coefficient (Wildman–Crippen LogP) is 0.840. The van der Waals surface area contributed by atoms with Crippen molar-refractivity contribution in [3.63, 3.8) is 0 Å². The molecule has 1 amide bonds. The zero-order valence-electron chi connectivity index (χ0n) is 10.9. The van der Waals surface area contributed by atoms with Gasteiger partial charge in [0.1, 0.15) is 0 Å². The minimum Gasteiger partial charge on any atom is -0.481 e. The summed E-state index contributed by atoms with van der Waals surface area (Å²) in [4.78, 5) is 24.6. The molecule has 1 heterocycles. The van der Waals surface area contributed by atoms with Crippen LogP contribution in [0.5, 0.6) is 0 Å². The van der Waals surface area contributed by atoms with Crippen LogP contribution < -0.4 is 5.32 Å². The summed E-state index contributed by atoms with van der Waals surface area (Å²) in [6.45, 7) is 3.70. The fourth-order valence-corrected chi connectivity index (χ4v) is 2.49. The summed E-state index contributed by atoms with van der Waals surface area (Å²) in [6.07, 6.45) is 4.19. The van der Waals surface area contributed by atoms with E-state index in [1.165, 1.54) is 0 Å². The first kappa shape index (κ1) is 13.3. The average molecular weight is 254 g/mol. The highest BCUT2D eigenvalue weighted by Gasteiger charge is 2.32. The van der Waals surface area contributed by atoms with Crippen molar-refractivity contribution in [3.05, 3.63) is 0 Å². The molecule has 5 nitrogen and oxygen atoms in total. The molecule has 2 aliphatic rings. The van der Waals surface area contributed by atoms with Gasteiger partial charge in [-0.15, -0.1) is 0 Å². The van der Waals surface area contributed by atoms with Gasteiger partial charge in [-0.05, 0) is 45.1 Å². The number of nitrogens with zero attached hydrogens (tertiary/aromatic N) is 1. The van der Waals surface area contributed by atoms with Gasteiger partial charge in [-0.25, -0.2) is 0 Å². The number of hydrogen-bond donors (Lipinski definition) is 2. The predicted molar refractivity (Wildman–Crippen MR) is 67.2 cm³/mol. The average Bonchev–Trinajstić information content (AvgIpc) is 3.01. The van der Waals surface area contributed by atoms with Crippen LogP contribution >= 0.6 is 0 Å². The quantitative estimate of drug-likeness (QED) is 0.737. The second-order valence-corrected chi connectivity index (χ2v) is 5.54. The Labute approximate surface area is 108 Å². The molecule has 1 saturated heterocycles. The van der Waals surface area contributed by atoms with Crippen molar-refractivity contribution in [1.29, 1.82) is 0 Å². The van der Waals surface area contributed by atoms with Crippen molar-refractivity contribution < 1.29 is 14.7 Å². The molecular weight excluding hydrogens is 232 g/mol. The lowest BCUT2D eigenvalue weighted by Gasteiger charge is -2.23. The topological polar surface area (TPSA) is 69.6 Å². The molecule has 0 spiro atoms. The van der Waals surface area contributed by atoms with Crippen molar-refractivity contribution in [2.75, 3.05) is 13.1 Å². The SMILES string of the molecule is CC(C(=O)NC1CC1)N1CCC(CCC(=O)O)C1. The fraction of sp³-hybridized carbons (Fsp3) is 0.846. The number of carboxylic acid groups (broad SMARTS) is 1. The van der Waals surface area contributed by atoms with Crippen molar-refractivity contribution in [3.8, 4) is 0 Å². The first-order valence-electron chi connectivity index (χ1n) is 6.82. The van der Waals surface area contributed by atoms with Crippen LogP contribution in [0.1, 0.15) is 39.0 Å². The third-order valence-corrected chi connectivity index (χ3v) is 3.93. The van der Waals surface area contributed by atoms with E-state index in [2.05, 4.69) is 10.2 Å². The lowest BCUT2D eigenvalue weighted by atomic mass is 10.0. The highest BCUT2D eigenvalue weighted by atomic mass is 16.4. The van der Waals surface area contributed by atoms with E-state index in [1.54, 1.807) is 0 Å². The smallest absolute Gasteiger partial charge is 0.303 e. The summed E-state index contributed by atoms with van der Waals surface area (Å²) in [5.41, 5.74) is 0. The van der Waals surface area contributed by atoms with Crippen LogP contribution in [0.2, 0.25) is 0 Å². The van der Waals surface area contributed by atoms with Crippen LogP contribution in [0.15, 0.2) is 0 Å². The van der Waals surface area contributed by atoms with Gasteiger partial charge in [0.05, 0.1) is 6.04 Å². The molecule has 0 aromatic heterocycles. The highest BCUT2D eigenvalue weighted by molar-refractivity contribution is 5.81. The molecule has 0 aromatic rings. The third-order valence-electron chi connectivity index (χ3n) is 3.93. The Hall–Kier alpha value is -1.10. The lowest BCUT2D eigenvalue weighted by Crippen LogP contribution is -2.44.